The van der Waals surface area contributed by atoms with E-state index in [1.165, 1.54) is 11.6 Å². The number of unbranched alkanes of at least 4 members (excludes halogenated alkanes) is 1. The third kappa shape index (κ3) is 5.47. The van der Waals surface area contributed by atoms with Crippen molar-refractivity contribution < 1.29 is 9.53 Å². The molecule has 0 aliphatic carbocycles. The van der Waals surface area contributed by atoms with Crippen LogP contribution in [-0.4, -0.2) is 19.1 Å². The lowest BCUT2D eigenvalue weighted by Crippen LogP contribution is -2.22. The summed E-state index contributed by atoms with van der Waals surface area (Å²) in [7, 11) is 0. The first-order valence-electron chi connectivity index (χ1n) is 7.31. The van der Waals surface area contributed by atoms with E-state index in [0.717, 1.165) is 25.0 Å². The zero-order valence-electron chi connectivity index (χ0n) is 12.5. The molecule has 1 aromatic carbocycles. The monoisotopic (exact) mass is 275 g/mol. The van der Waals surface area contributed by atoms with Crippen molar-refractivity contribution in [2.24, 2.45) is 0 Å². The quantitative estimate of drug-likeness (QED) is 0.551. The molecule has 1 unspecified atom stereocenters. The second kappa shape index (κ2) is 9.18. The Hall–Kier alpha value is -1.77. The minimum absolute atomic E-state index is 0.118. The highest BCUT2D eigenvalue weighted by Crippen LogP contribution is 2.28. The fourth-order valence-electron chi connectivity index (χ4n) is 1.93. The average Bonchev–Trinajstić information content (AvgIpc) is 2.50. The Morgan fingerprint density at radius 3 is 2.85 bits per heavy atom. The van der Waals surface area contributed by atoms with Crippen LogP contribution in [-0.2, 0) is 4.79 Å². The molecule has 0 saturated carbocycles. The molecule has 3 heteroatoms. The molecule has 0 radical (unpaired) electrons. The van der Waals surface area contributed by atoms with E-state index in [0.29, 0.717) is 19.1 Å². The molecule has 1 amide bonds. The van der Waals surface area contributed by atoms with Gasteiger partial charge in [-0.3, -0.25) is 4.79 Å². The van der Waals surface area contributed by atoms with Gasteiger partial charge in [0.05, 0.1) is 6.61 Å². The Morgan fingerprint density at radius 2 is 2.15 bits per heavy atom. The summed E-state index contributed by atoms with van der Waals surface area (Å²) in [5, 5.41) is 2.76. The van der Waals surface area contributed by atoms with Crippen LogP contribution in [0.5, 0.6) is 5.75 Å². The number of hydrogen-bond acceptors (Lipinski definition) is 2. The predicted octanol–water partition coefficient (Wildman–Crippen LogP) is 3.66. The normalized spacial score (nSPS) is 11.7. The molecule has 0 aromatic heterocycles. The molecule has 0 spiro atoms. The van der Waals surface area contributed by atoms with E-state index in [1.54, 1.807) is 0 Å². The first-order valence-corrected chi connectivity index (χ1v) is 7.31. The van der Waals surface area contributed by atoms with Crippen molar-refractivity contribution in [1.29, 1.82) is 0 Å². The summed E-state index contributed by atoms with van der Waals surface area (Å²) in [5.41, 5.74) is 1.27. The summed E-state index contributed by atoms with van der Waals surface area (Å²) >= 11 is 0. The smallest absolute Gasteiger partial charge is 0.243 e. The van der Waals surface area contributed by atoms with Gasteiger partial charge in [0, 0.05) is 6.54 Å². The van der Waals surface area contributed by atoms with Gasteiger partial charge in [-0.15, -0.1) is 0 Å². The van der Waals surface area contributed by atoms with Gasteiger partial charge >= 0.3 is 0 Å². The predicted molar refractivity (Wildman–Crippen MR) is 83.1 cm³/mol. The molecule has 0 aliphatic heterocycles. The van der Waals surface area contributed by atoms with Crippen molar-refractivity contribution in [3.05, 3.63) is 42.5 Å². The first-order chi connectivity index (χ1) is 9.69. The summed E-state index contributed by atoms with van der Waals surface area (Å²) in [4.78, 5) is 11.0. The average molecular weight is 275 g/mol. The fourth-order valence-corrected chi connectivity index (χ4v) is 1.93. The van der Waals surface area contributed by atoms with Crippen LogP contribution in [0.25, 0.3) is 0 Å². The molecule has 1 N–H and O–H groups in total. The lowest BCUT2D eigenvalue weighted by Gasteiger charge is -2.15. The van der Waals surface area contributed by atoms with Crippen molar-refractivity contribution in [3.8, 4) is 5.75 Å². The molecule has 0 aliphatic rings. The molecule has 0 heterocycles. The van der Waals surface area contributed by atoms with E-state index in [1.807, 2.05) is 12.1 Å². The van der Waals surface area contributed by atoms with Gasteiger partial charge < -0.3 is 10.1 Å². The molecule has 1 aromatic rings. The second-order valence-corrected chi connectivity index (χ2v) is 4.90. The Morgan fingerprint density at radius 1 is 1.40 bits per heavy atom. The highest BCUT2D eigenvalue weighted by atomic mass is 16.5. The highest BCUT2D eigenvalue weighted by Gasteiger charge is 2.08. The number of benzene rings is 1. The number of nitrogens with one attached hydrogen (secondary N) is 1. The van der Waals surface area contributed by atoms with E-state index >= 15 is 0 Å². The number of carbonyl (C=O) groups excluding carboxylic acids is 1. The Balaban J connectivity index is 2.32. The molecule has 1 atom stereocenters. The van der Waals surface area contributed by atoms with Gasteiger partial charge in [0.1, 0.15) is 5.75 Å². The van der Waals surface area contributed by atoms with Crippen LogP contribution in [0.2, 0.25) is 0 Å². The lowest BCUT2D eigenvalue weighted by molar-refractivity contribution is -0.116. The van der Waals surface area contributed by atoms with Crippen molar-refractivity contribution >= 4 is 5.91 Å². The van der Waals surface area contributed by atoms with E-state index in [4.69, 9.17) is 4.74 Å². The zero-order valence-corrected chi connectivity index (χ0v) is 12.5. The number of carbonyl (C=O) groups is 1. The molecule has 1 rings (SSSR count). The maximum absolute atomic E-state index is 11.0. The first kappa shape index (κ1) is 16.3. The molecule has 0 saturated heterocycles. The molecule has 0 fully saturated rings. The van der Waals surface area contributed by atoms with Crippen molar-refractivity contribution in [2.75, 3.05) is 13.2 Å². The lowest BCUT2D eigenvalue weighted by atomic mass is 9.98. The third-order valence-corrected chi connectivity index (χ3v) is 3.38. The van der Waals surface area contributed by atoms with E-state index < -0.39 is 0 Å². The molecule has 3 nitrogen and oxygen atoms in total. The topological polar surface area (TPSA) is 38.3 Å². The summed E-state index contributed by atoms with van der Waals surface area (Å²) in [6.07, 6.45) is 4.23. The molecule has 20 heavy (non-hydrogen) atoms. The van der Waals surface area contributed by atoms with Crippen LogP contribution in [0.1, 0.15) is 44.6 Å². The van der Waals surface area contributed by atoms with Gasteiger partial charge in [-0.1, -0.05) is 38.6 Å². The standard InChI is InChI=1S/C17H25NO2/c1-4-14(3)15-10-6-7-11-16(15)20-13-9-8-12-18-17(19)5-2/h5-7,10-11,14H,2,4,8-9,12-13H2,1,3H3,(H,18,19). The molecular formula is C17H25NO2. The van der Waals surface area contributed by atoms with Gasteiger partial charge in [-0.25, -0.2) is 0 Å². The van der Waals surface area contributed by atoms with Crippen molar-refractivity contribution in [3.63, 3.8) is 0 Å². The second-order valence-electron chi connectivity index (χ2n) is 4.90. The zero-order chi connectivity index (χ0) is 14.8. The van der Waals surface area contributed by atoms with E-state index in [9.17, 15) is 4.79 Å². The number of hydrogen-bond donors (Lipinski definition) is 1. The largest absolute Gasteiger partial charge is 0.493 e. The number of amides is 1. The number of rotatable bonds is 9. The maximum atomic E-state index is 11.0. The minimum atomic E-state index is -0.118. The van der Waals surface area contributed by atoms with Crippen molar-refractivity contribution in [1.82, 2.24) is 5.32 Å². The third-order valence-electron chi connectivity index (χ3n) is 3.38. The Labute approximate surface area is 122 Å². The van der Waals surface area contributed by atoms with Gasteiger partial charge in [-0.05, 0) is 42.9 Å². The molecule has 0 bridgehead atoms. The summed E-state index contributed by atoms with van der Waals surface area (Å²) in [5.74, 6) is 1.38. The minimum Gasteiger partial charge on any atom is -0.493 e. The van der Waals surface area contributed by atoms with Gasteiger partial charge in [-0.2, -0.15) is 0 Å². The van der Waals surface area contributed by atoms with Crippen LogP contribution >= 0.6 is 0 Å². The maximum Gasteiger partial charge on any atom is 0.243 e. The SMILES string of the molecule is C=CC(=O)NCCCCOc1ccccc1C(C)CC. The Kier molecular flexibility index (Phi) is 7.48. The van der Waals surface area contributed by atoms with Crippen LogP contribution in [0.3, 0.4) is 0 Å². The molecule has 110 valence electrons. The van der Waals surface area contributed by atoms with Gasteiger partial charge in [0.25, 0.3) is 0 Å². The highest BCUT2D eigenvalue weighted by molar-refractivity contribution is 5.86. The van der Waals surface area contributed by atoms with E-state index in [2.05, 4.69) is 37.9 Å². The molecular weight excluding hydrogens is 250 g/mol. The summed E-state index contributed by atoms with van der Waals surface area (Å²) < 4.78 is 5.86. The van der Waals surface area contributed by atoms with Gasteiger partial charge in [0.15, 0.2) is 0 Å². The number of ether oxygens (including phenoxy) is 1. The summed E-state index contributed by atoms with van der Waals surface area (Å²) in [6.45, 7) is 9.16. The summed E-state index contributed by atoms with van der Waals surface area (Å²) in [6, 6.07) is 8.22. The van der Waals surface area contributed by atoms with Crippen LogP contribution in [0.4, 0.5) is 0 Å². The fraction of sp³-hybridized carbons (Fsp3) is 0.471. The number of para-hydroxylation sites is 1. The van der Waals surface area contributed by atoms with E-state index in [-0.39, 0.29) is 5.91 Å². The van der Waals surface area contributed by atoms with Crippen molar-refractivity contribution in [2.45, 2.75) is 39.0 Å². The van der Waals surface area contributed by atoms with Crippen LogP contribution in [0, 0.1) is 0 Å². The Bertz CT molecular complexity index is 429. The van der Waals surface area contributed by atoms with Crippen LogP contribution in [0.15, 0.2) is 36.9 Å². The van der Waals surface area contributed by atoms with Gasteiger partial charge in [0.2, 0.25) is 5.91 Å². The van der Waals surface area contributed by atoms with Crippen LogP contribution < -0.4 is 10.1 Å².